The average molecular weight is 327 g/mol. The molecule has 5 nitrogen and oxygen atoms in total. The molecule has 1 N–H and O–H groups in total. The highest BCUT2D eigenvalue weighted by Crippen LogP contribution is 2.12. The molecule has 1 fully saturated rings. The monoisotopic (exact) mass is 327 g/mol. The number of hydrogen-bond acceptors (Lipinski definition) is 4. The lowest BCUT2D eigenvalue weighted by molar-refractivity contribution is 0.120. The highest BCUT2D eigenvalue weighted by atomic mass is 16.3. The lowest BCUT2D eigenvalue weighted by atomic mass is 10.2. The molecule has 1 aromatic heterocycles. The van der Waals surface area contributed by atoms with E-state index >= 15 is 0 Å². The van der Waals surface area contributed by atoms with E-state index in [1.807, 2.05) is 17.6 Å². The van der Waals surface area contributed by atoms with E-state index in [1.165, 1.54) is 5.56 Å². The normalized spacial score (nSPS) is 16.4. The summed E-state index contributed by atoms with van der Waals surface area (Å²) in [6.45, 7) is 8.56. The first-order valence-electron chi connectivity index (χ1n) is 8.56. The van der Waals surface area contributed by atoms with Gasteiger partial charge in [0.05, 0.1) is 6.20 Å². The summed E-state index contributed by atoms with van der Waals surface area (Å²) in [5.74, 6) is -0.173. The molecule has 3 rings (SSSR count). The maximum atomic E-state index is 11.7. The fraction of sp³-hybridized carbons (Fsp3) is 0.421. The van der Waals surface area contributed by atoms with Crippen LogP contribution in [-0.4, -0.2) is 45.7 Å². The zero-order valence-electron chi connectivity index (χ0n) is 14.2. The van der Waals surface area contributed by atoms with Gasteiger partial charge in [0.1, 0.15) is 0 Å². The molecule has 1 saturated heterocycles. The molecule has 0 bridgehead atoms. The number of aromatic hydroxyl groups is 1. The molecule has 128 valence electrons. The molecule has 5 heteroatoms. The van der Waals surface area contributed by atoms with E-state index in [0.717, 1.165) is 51.5 Å². The lowest BCUT2D eigenvalue weighted by Crippen LogP contribution is -2.45. The van der Waals surface area contributed by atoms with Crippen LogP contribution in [0, 0.1) is 0 Å². The number of pyridine rings is 1. The average Bonchev–Trinajstić information content (AvgIpc) is 2.60. The van der Waals surface area contributed by atoms with E-state index in [4.69, 9.17) is 0 Å². The SMILES string of the molecule is CCn1cc(O)c(=O)cc1CN1CCN(Cc2ccccc2)CC1. The molecular weight excluding hydrogens is 302 g/mol. The van der Waals surface area contributed by atoms with E-state index in [9.17, 15) is 9.90 Å². The summed E-state index contributed by atoms with van der Waals surface area (Å²) in [5.41, 5.74) is 2.03. The van der Waals surface area contributed by atoms with Gasteiger partial charge in [0.25, 0.3) is 0 Å². The Labute approximate surface area is 142 Å². The van der Waals surface area contributed by atoms with Crippen LogP contribution in [0.5, 0.6) is 5.75 Å². The second kappa shape index (κ2) is 7.64. The lowest BCUT2D eigenvalue weighted by Gasteiger charge is -2.35. The van der Waals surface area contributed by atoms with E-state index < -0.39 is 0 Å². The Morgan fingerprint density at radius 1 is 1.00 bits per heavy atom. The molecule has 2 heterocycles. The van der Waals surface area contributed by atoms with Crippen LogP contribution >= 0.6 is 0 Å². The van der Waals surface area contributed by atoms with Gasteiger partial charge < -0.3 is 9.67 Å². The third-order valence-electron chi connectivity index (χ3n) is 4.64. The second-order valence-electron chi connectivity index (χ2n) is 6.34. The Balaban J connectivity index is 1.58. The van der Waals surface area contributed by atoms with Gasteiger partial charge in [-0.25, -0.2) is 0 Å². The molecule has 0 unspecified atom stereocenters. The third kappa shape index (κ3) is 4.04. The van der Waals surface area contributed by atoms with E-state index in [2.05, 4.69) is 34.1 Å². The van der Waals surface area contributed by atoms with Crippen molar-refractivity contribution in [2.24, 2.45) is 0 Å². The second-order valence-corrected chi connectivity index (χ2v) is 6.34. The van der Waals surface area contributed by atoms with Crippen molar-refractivity contribution in [1.82, 2.24) is 14.4 Å². The minimum Gasteiger partial charge on any atom is -0.503 e. The Kier molecular flexibility index (Phi) is 5.33. The van der Waals surface area contributed by atoms with Gasteiger partial charge in [0.15, 0.2) is 5.75 Å². The van der Waals surface area contributed by atoms with Crippen molar-refractivity contribution in [3.05, 3.63) is 64.1 Å². The number of hydrogen-bond donors (Lipinski definition) is 1. The van der Waals surface area contributed by atoms with Crippen molar-refractivity contribution >= 4 is 0 Å². The van der Waals surface area contributed by atoms with E-state index in [1.54, 1.807) is 12.3 Å². The Morgan fingerprint density at radius 2 is 1.62 bits per heavy atom. The molecule has 2 aromatic rings. The van der Waals surface area contributed by atoms with Gasteiger partial charge in [0.2, 0.25) is 5.43 Å². The predicted octanol–water partition coefficient (Wildman–Crippen LogP) is 1.89. The summed E-state index contributed by atoms with van der Waals surface area (Å²) >= 11 is 0. The van der Waals surface area contributed by atoms with Crippen molar-refractivity contribution in [3.63, 3.8) is 0 Å². The van der Waals surface area contributed by atoms with Gasteiger partial charge in [0, 0.05) is 57.6 Å². The van der Waals surface area contributed by atoms with Crippen LogP contribution in [0.2, 0.25) is 0 Å². The molecule has 0 aliphatic carbocycles. The van der Waals surface area contributed by atoms with Crippen molar-refractivity contribution in [2.75, 3.05) is 26.2 Å². The predicted molar refractivity (Wildman–Crippen MR) is 95.0 cm³/mol. The maximum absolute atomic E-state index is 11.7. The number of nitrogens with zero attached hydrogens (tertiary/aromatic N) is 3. The van der Waals surface area contributed by atoms with Crippen molar-refractivity contribution in [2.45, 2.75) is 26.6 Å². The van der Waals surface area contributed by atoms with Crippen molar-refractivity contribution in [1.29, 1.82) is 0 Å². The molecule has 0 radical (unpaired) electrons. The minimum absolute atomic E-state index is 0.173. The minimum atomic E-state index is -0.294. The summed E-state index contributed by atoms with van der Waals surface area (Å²) in [5, 5.41) is 9.58. The smallest absolute Gasteiger partial charge is 0.223 e. The summed E-state index contributed by atoms with van der Waals surface area (Å²) in [6.07, 6.45) is 1.54. The number of piperazine rings is 1. The fourth-order valence-electron chi connectivity index (χ4n) is 3.21. The maximum Gasteiger partial charge on any atom is 0.223 e. The standard InChI is InChI=1S/C19H25N3O2/c1-2-22-15-19(24)18(23)12-17(22)14-21-10-8-20(9-11-21)13-16-6-4-3-5-7-16/h3-7,12,15,24H,2,8-11,13-14H2,1H3. The van der Waals surface area contributed by atoms with E-state index in [0.29, 0.717) is 0 Å². The third-order valence-corrected chi connectivity index (χ3v) is 4.64. The largest absolute Gasteiger partial charge is 0.503 e. The number of aryl methyl sites for hydroxylation is 1. The Hall–Kier alpha value is -2.11. The quantitative estimate of drug-likeness (QED) is 0.911. The van der Waals surface area contributed by atoms with Gasteiger partial charge in [-0.1, -0.05) is 30.3 Å². The molecule has 0 atom stereocenters. The van der Waals surface area contributed by atoms with Crippen LogP contribution in [0.4, 0.5) is 0 Å². The molecule has 1 aliphatic heterocycles. The van der Waals surface area contributed by atoms with Gasteiger partial charge in [-0.3, -0.25) is 14.6 Å². The first-order valence-corrected chi connectivity index (χ1v) is 8.56. The van der Waals surface area contributed by atoms with Crippen LogP contribution in [-0.2, 0) is 19.6 Å². The molecule has 0 spiro atoms. The zero-order chi connectivity index (χ0) is 16.9. The number of rotatable bonds is 5. The van der Waals surface area contributed by atoms with Crippen LogP contribution in [0.3, 0.4) is 0 Å². The van der Waals surface area contributed by atoms with Crippen LogP contribution < -0.4 is 5.43 Å². The molecular formula is C19H25N3O2. The topological polar surface area (TPSA) is 48.7 Å². The molecule has 1 aliphatic rings. The van der Waals surface area contributed by atoms with Crippen molar-refractivity contribution < 1.29 is 5.11 Å². The summed E-state index contributed by atoms with van der Waals surface area (Å²) in [4.78, 5) is 16.6. The highest BCUT2D eigenvalue weighted by molar-refractivity contribution is 5.20. The molecule has 24 heavy (non-hydrogen) atoms. The van der Waals surface area contributed by atoms with Crippen LogP contribution in [0.15, 0.2) is 47.4 Å². The summed E-state index contributed by atoms with van der Waals surface area (Å²) < 4.78 is 1.95. The van der Waals surface area contributed by atoms with Gasteiger partial charge >= 0.3 is 0 Å². The number of benzene rings is 1. The first-order chi connectivity index (χ1) is 11.7. The van der Waals surface area contributed by atoms with Crippen molar-refractivity contribution in [3.8, 4) is 5.75 Å². The number of aromatic nitrogens is 1. The zero-order valence-corrected chi connectivity index (χ0v) is 14.2. The Bertz CT molecular complexity index is 719. The van der Waals surface area contributed by atoms with Crippen LogP contribution in [0.25, 0.3) is 0 Å². The molecule has 0 amide bonds. The first kappa shape index (κ1) is 16.7. The fourth-order valence-corrected chi connectivity index (χ4v) is 3.21. The molecule has 0 saturated carbocycles. The van der Waals surface area contributed by atoms with Gasteiger partial charge in [-0.2, -0.15) is 0 Å². The van der Waals surface area contributed by atoms with Crippen LogP contribution in [0.1, 0.15) is 18.2 Å². The Morgan fingerprint density at radius 3 is 2.25 bits per heavy atom. The van der Waals surface area contributed by atoms with Gasteiger partial charge in [-0.05, 0) is 12.5 Å². The van der Waals surface area contributed by atoms with E-state index in [-0.39, 0.29) is 11.2 Å². The summed E-state index contributed by atoms with van der Waals surface area (Å²) in [7, 11) is 0. The molecule has 1 aromatic carbocycles. The van der Waals surface area contributed by atoms with Gasteiger partial charge in [-0.15, -0.1) is 0 Å². The summed E-state index contributed by atoms with van der Waals surface area (Å²) in [6, 6.07) is 12.1. The highest BCUT2D eigenvalue weighted by Gasteiger charge is 2.18.